The van der Waals surface area contributed by atoms with Gasteiger partial charge in [0.05, 0.1) is 10.9 Å². The fourth-order valence-electron chi connectivity index (χ4n) is 2.54. The summed E-state index contributed by atoms with van der Waals surface area (Å²) in [6.07, 6.45) is 5.66. The van der Waals surface area contributed by atoms with Crippen molar-refractivity contribution in [1.82, 2.24) is 20.1 Å². The molecule has 0 saturated carbocycles. The SMILES string of the molecule is CC1CCCN(C(=O)c2n[nH]c3ccncc23)C1. The van der Waals surface area contributed by atoms with Crippen LogP contribution in [-0.2, 0) is 0 Å². The molecule has 0 aliphatic carbocycles. The maximum absolute atomic E-state index is 12.4. The van der Waals surface area contributed by atoms with E-state index in [0.717, 1.165) is 30.4 Å². The number of piperidine rings is 1. The summed E-state index contributed by atoms with van der Waals surface area (Å²) in [4.78, 5) is 18.4. The summed E-state index contributed by atoms with van der Waals surface area (Å²) in [5, 5.41) is 7.83. The van der Waals surface area contributed by atoms with E-state index in [9.17, 15) is 4.79 Å². The normalized spacial score (nSPS) is 20.3. The minimum absolute atomic E-state index is 0.0146. The number of rotatable bonds is 1. The van der Waals surface area contributed by atoms with Crippen LogP contribution < -0.4 is 0 Å². The standard InChI is InChI=1S/C13H16N4O/c1-9-3-2-6-17(8-9)13(18)12-10-7-14-5-4-11(10)15-16-12/h4-5,7,9H,2-3,6,8H2,1H3,(H,15,16). The first-order valence-corrected chi connectivity index (χ1v) is 6.33. The van der Waals surface area contributed by atoms with Crippen molar-refractivity contribution in [3.63, 3.8) is 0 Å². The summed E-state index contributed by atoms with van der Waals surface area (Å²) in [5.41, 5.74) is 1.35. The molecule has 3 heterocycles. The smallest absolute Gasteiger partial charge is 0.275 e. The molecule has 2 aromatic rings. The number of hydrogen-bond acceptors (Lipinski definition) is 3. The van der Waals surface area contributed by atoms with E-state index >= 15 is 0 Å². The number of H-pyrrole nitrogens is 1. The van der Waals surface area contributed by atoms with Gasteiger partial charge in [-0.25, -0.2) is 0 Å². The number of carbonyl (C=O) groups is 1. The molecular formula is C13H16N4O. The second kappa shape index (κ2) is 4.40. The summed E-state index contributed by atoms with van der Waals surface area (Å²) in [5.74, 6) is 0.590. The van der Waals surface area contributed by atoms with Gasteiger partial charge in [0.15, 0.2) is 5.69 Å². The summed E-state index contributed by atoms with van der Waals surface area (Å²) in [6, 6.07) is 1.83. The molecule has 2 aromatic heterocycles. The van der Waals surface area contributed by atoms with Crippen LogP contribution in [0.3, 0.4) is 0 Å². The summed E-state index contributed by atoms with van der Waals surface area (Å²) in [7, 11) is 0. The lowest BCUT2D eigenvalue weighted by molar-refractivity contribution is 0.0679. The first-order valence-electron chi connectivity index (χ1n) is 6.33. The summed E-state index contributed by atoms with van der Waals surface area (Å²) >= 11 is 0. The van der Waals surface area contributed by atoms with Gasteiger partial charge < -0.3 is 4.90 Å². The van der Waals surface area contributed by atoms with Crippen molar-refractivity contribution in [3.05, 3.63) is 24.2 Å². The predicted molar refractivity (Wildman–Crippen MR) is 68.2 cm³/mol. The zero-order chi connectivity index (χ0) is 12.5. The van der Waals surface area contributed by atoms with Crippen LogP contribution in [0.1, 0.15) is 30.3 Å². The molecule has 0 radical (unpaired) electrons. The third-order valence-electron chi connectivity index (χ3n) is 3.51. The van der Waals surface area contributed by atoms with Crippen LogP contribution in [0.4, 0.5) is 0 Å². The molecule has 5 heteroatoms. The van der Waals surface area contributed by atoms with Crippen LogP contribution in [0.5, 0.6) is 0 Å². The van der Waals surface area contributed by atoms with E-state index in [1.54, 1.807) is 12.4 Å². The molecular weight excluding hydrogens is 228 g/mol. The first-order chi connectivity index (χ1) is 8.75. The molecule has 94 valence electrons. The average molecular weight is 244 g/mol. The van der Waals surface area contributed by atoms with Gasteiger partial charge in [-0.1, -0.05) is 6.92 Å². The molecule has 18 heavy (non-hydrogen) atoms. The van der Waals surface area contributed by atoms with Crippen molar-refractivity contribution in [2.75, 3.05) is 13.1 Å². The number of aromatic amines is 1. The third kappa shape index (κ3) is 1.85. The first kappa shape index (κ1) is 11.2. The predicted octanol–water partition coefficient (Wildman–Crippen LogP) is 1.83. The number of amides is 1. The van der Waals surface area contributed by atoms with E-state index in [4.69, 9.17) is 0 Å². The number of likely N-dealkylation sites (tertiary alicyclic amines) is 1. The molecule has 0 aromatic carbocycles. The molecule has 5 nitrogen and oxygen atoms in total. The van der Waals surface area contributed by atoms with Crippen LogP contribution in [0.25, 0.3) is 10.9 Å². The van der Waals surface area contributed by atoms with Gasteiger partial charge in [-0.3, -0.25) is 14.9 Å². The maximum Gasteiger partial charge on any atom is 0.275 e. The van der Waals surface area contributed by atoms with Crippen molar-refractivity contribution in [2.45, 2.75) is 19.8 Å². The molecule has 1 aliphatic rings. The van der Waals surface area contributed by atoms with Crippen molar-refractivity contribution < 1.29 is 4.79 Å². The van der Waals surface area contributed by atoms with Gasteiger partial charge in [-0.05, 0) is 24.8 Å². The Morgan fingerprint density at radius 2 is 2.44 bits per heavy atom. The number of fused-ring (bicyclic) bond motifs is 1. The third-order valence-corrected chi connectivity index (χ3v) is 3.51. The van der Waals surface area contributed by atoms with E-state index < -0.39 is 0 Å². The zero-order valence-corrected chi connectivity index (χ0v) is 10.4. The highest BCUT2D eigenvalue weighted by Crippen LogP contribution is 2.20. The molecule has 1 amide bonds. The second-order valence-electron chi connectivity index (χ2n) is 4.99. The van der Waals surface area contributed by atoms with Crippen LogP contribution >= 0.6 is 0 Å². The lowest BCUT2D eigenvalue weighted by Crippen LogP contribution is -2.39. The molecule has 1 fully saturated rings. The van der Waals surface area contributed by atoms with E-state index in [2.05, 4.69) is 22.1 Å². The van der Waals surface area contributed by atoms with Crippen molar-refractivity contribution in [1.29, 1.82) is 0 Å². The Kier molecular flexibility index (Phi) is 2.74. The van der Waals surface area contributed by atoms with Crippen molar-refractivity contribution >= 4 is 16.8 Å². The Bertz CT molecular complexity index is 577. The molecule has 1 N–H and O–H groups in total. The van der Waals surface area contributed by atoms with Gasteiger partial charge in [0, 0.05) is 25.5 Å². The van der Waals surface area contributed by atoms with Crippen LogP contribution in [0.2, 0.25) is 0 Å². The zero-order valence-electron chi connectivity index (χ0n) is 10.4. The summed E-state index contributed by atoms with van der Waals surface area (Å²) in [6.45, 7) is 3.84. The van der Waals surface area contributed by atoms with Gasteiger partial charge in [0.2, 0.25) is 0 Å². The highest BCUT2D eigenvalue weighted by Gasteiger charge is 2.25. The number of nitrogens with one attached hydrogen (secondary N) is 1. The van der Waals surface area contributed by atoms with Gasteiger partial charge in [-0.2, -0.15) is 5.10 Å². The highest BCUT2D eigenvalue weighted by molar-refractivity contribution is 6.04. The minimum atomic E-state index is 0.0146. The van der Waals surface area contributed by atoms with E-state index in [1.807, 2.05) is 11.0 Å². The maximum atomic E-state index is 12.4. The second-order valence-corrected chi connectivity index (χ2v) is 4.99. The Morgan fingerprint density at radius 3 is 3.28 bits per heavy atom. The molecule has 1 unspecified atom stereocenters. The lowest BCUT2D eigenvalue weighted by Gasteiger charge is -2.30. The van der Waals surface area contributed by atoms with Crippen LogP contribution in [0, 0.1) is 5.92 Å². The number of pyridine rings is 1. The summed E-state index contributed by atoms with van der Waals surface area (Å²) < 4.78 is 0. The molecule has 3 rings (SSSR count). The Balaban J connectivity index is 1.92. The van der Waals surface area contributed by atoms with E-state index in [1.165, 1.54) is 6.42 Å². The fraction of sp³-hybridized carbons (Fsp3) is 0.462. The van der Waals surface area contributed by atoms with Crippen molar-refractivity contribution in [2.24, 2.45) is 5.92 Å². The lowest BCUT2D eigenvalue weighted by atomic mass is 10.00. The quantitative estimate of drug-likeness (QED) is 0.832. The Labute approximate surface area is 105 Å². The van der Waals surface area contributed by atoms with Gasteiger partial charge in [-0.15, -0.1) is 0 Å². The molecule has 0 bridgehead atoms. The Hall–Kier alpha value is -1.91. The van der Waals surface area contributed by atoms with Crippen LogP contribution in [-0.4, -0.2) is 39.1 Å². The van der Waals surface area contributed by atoms with Crippen molar-refractivity contribution in [3.8, 4) is 0 Å². The minimum Gasteiger partial charge on any atom is -0.337 e. The number of aromatic nitrogens is 3. The molecule has 1 atom stereocenters. The molecule has 1 aliphatic heterocycles. The van der Waals surface area contributed by atoms with Gasteiger partial charge in [0.1, 0.15) is 0 Å². The van der Waals surface area contributed by atoms with Crippen LogP contribution in [0.15, 0.2) is 18.5 Å². The molecule has 1 saturated heterocycles. The number of carbonyl (C=O) groups excluding carboxylic acids is 1. The topological polar surface area (TPSA) is 61.9 Å². The van der Waals surface area contributed by atoms with Gasteiger partial charge in [0.25, 0.3) is 5.91 Å². The van der Waals surface area contributed by atoms with Gasteiger partial charge >= 0.3 is 0 Å². The number of nitrogens with zero attached hydrogens (tertiary/aromatic N) is 3. The Morgan fingerprint density at radius 1 is 1.56 bits per heavy atom. The monoisotopic (exact) mass is 244 g/mol. The largest absolute Gasteiger partial charge is 0.337 e. The average Bonchev–Trinajstić information content (AvgIpc) is 2.82. The highest BCUT2D eigenvalue weighted by atomic mass is 16.2. The fourth-order valence-corrected chi connectivity index (χ4v) is 2.54. The number of hydrogen-bond donors (Lipinski definition) is 1. The molecule has 0 spiro atoms. The van der Waals surface area contributed by atoms with E-state index in [-0.39, 0.29) is 5.91 Å². The van der Waals surface area contributed by atoms with E-state index in [0.29, 0.717) is 11.6 Å².